The van der Waals surface area contributed by atoms with Gasteiger partial charge in [0.15, 0.2) is 0 Å². The fourth-order valence-electron chi connectivity index (χ4n) is 4.36. The van der Waals surface area contributed by atoms with Gasteiger partial charge in [0.2, 0.25) is 0 Å². The Hall–Kier alpha value is -0.120. The van der Waals surface area contributed by atoms with E-state index in [2.05, 4.69) is 57.0 Å². The lowest BCUT2D eigenvalue weighted by Gasteiger charge is -2.43. The molecule has 0 aromatic heterocycles. The van der Waals surface area contributed by atoms with E-state index in [0.29, 0.717) is 5.41 Å². The Morgan fingerprint density at radius 3 is 2.38 bits per heavy atom. The van der Waals surface area contributed by atoms with E-state index in [1.807, 2.05) is 0 Å². The highest BCUT2D eigenvalue weighted by molar-refractivity contribution is 4.91. The van der Waals surface area contributed by atoms with Crippen molar-refractivity contribution in [3.05, 3.63) is 0 Å². The number of hydrogen-bond donors (Lipinski definition) is 1. The van der Waals surface area contributed by atoms with Gasteiger partial charge in [-0.25, -0.2) is 0 Å². The monoisotopic (exact) mass is 295 g/mol. The van der Waals surface area contributed by atoms with Gasteiger partial charge in [-0.15, -0.1) is 0 Å². The maximum Gasteiger partial charge on any atom is 0.0229 e. The first kappa shape index (κ1) is 17.2. The summed E-state index contributed by atoms with van der Waals surface area (Å²) in [6, 6.07) is 1.49. The number of rotatable bonds is 4. The normalized spacial score (nSPS) is 35.6. The summed E-state index contributed by atoms with van der Waals surface area (Å²) in [5.41, 5.74) is 0.466. The molecule has 1 saturated carbocycles. The van der Waals surface area contributed by atoms with Crippen LogP contribution in [0.2, 0.25) is 0 Å². The third-order valence-electron chi connectivity index (χ3n) is 6.05. The highest BCUT2D eigenvalue weighted by atomic mass is 15.2. The van der Waals surface area contributed by atoms with Gasteiger partial charge in [0, 0.05) is 25.2 Å². The number of hydrogen-bond acceptors (Lipinski definition) is 3. The van der Waals surface area contributed by atoms with Crippen molar-refractivity contribution in [3.63, 3.8) is 0 Å². The molecular weight excluding hydrogens is 258 g/mol. The Kier molecular flexibility index (Phi) is 5.72. The van der Waals surface area contributed by atoms with Gasteiger partial charge in [0.1, 0.15) is 0 Å². The van der Waals surface area contributed by atoms with Crippen LogP contribution in [0.15, 0.2) is 0 Å². The van der Waals surface area contributed by atoms with Crippen LogP contribution in [-0.4, -0.2) is 62.7 Å². The minimum Gasteiger partial charge on any atom is -0.317 e. The fourth-order valence-corrected chi connectivity index (χ4v) is 4.36. The Balaban J connectivity index is 1.92. The molecular formula is C18H37N3. The lowest BCUT2D eigenvalue weighted by Crippen LogP contribution is -2.46. The fraction of sp³-hybridized carbons (Fsp3) is 1.00. The molecule has 4 unspecified atom stereocenters. The van der Waals surface area contributed by atoms with Crippen molar-refractivity contribution in [3.8, 4) is 0 Å². The van der Waals surface area contributed by atoms with E-state index in [1.165, 1.54) is 45.3 Å². The number of likely N-dealkylation sites (tertiary alicyclic amines) is 1. The third kappa shape index (κ3) is 4.43. The predicted molar refractivity (Wildman–Crippen MR) is 91.7 cm³/mol. The molecule has 1 aliphatic heterocycles. The summed E-state index contributed by atoms with van der Waals surface area (Å²) in [5.74, 6) is 1.72. The Morgan fingerprint density at radius 1 is 1.14 bits per heavy atom. The van der Waals surface area contributed by atoms with E-state index in [4.69, 9.17) is 0 Å². The summed E-state index contributed by atoms with van der Waals surface area (Å²) in [6.07, 6.45) is 5.49. The SMILES string of the molecule is CNC1CCC(C(C)(C)C)CC1CN1CCC(N(C)C)C1. The highest BCUT2D eigenvalue weighted by Gasteiger charge is 2.37. The summed E-state index contributed by atoms with van der Waals surface area (Å²) < 4.78 is 0. The first-order valence-electron chi connectivity index (χ1n) is 8.87. The van der Waals surface area contributed by atoms with E-state index in [0.717, 1.165) is 23.9 Å². The van der Waals surface area contributed by atoms with Crippen LogP contribution in [0.4, 0.5) is 0 Å². The van der Waals surface area contributed by atoms with Crippen LogP contribution in [0.5, 0.6) is 0 Å². The van der Waals surface area contributed by atoms with Crippen LogP contribution in [0.3, 0.4) is 0 Å². The molecule has 0 aromatic rings. The van der Waals surface area contributed by atoms with Gasteiger partial charge < -0.3 is 15.1 Å². The highest BCUT2D eigenvalue weighted by Crippen LogP contribution is 2.40. The molecule has 0 aromatic carbocycles. The molecule has 1 saturated heterocycles. The summed E-state index contributed by atoms with van der Waals surface area (Å²) in [5, 5.41) is 3.60. The lowest BCUT2D eigenvalue weighted by atomic mass is 9.67. The minimum atomic E-state index is 0.466. The molecule has 3 heteroatoms. The van der Waals surface area contributed by atoms with E-state index in [-0.39, 0.29) is 0 Å². The van der Waals surface area contributed by atoms with Crippen molar-refractivity contribution >= 4 is 0 Å². The Labute approximate surface area is 132 Å². The van der Waals surface area contributed by atoms with Gasteiger partial charge in [-0.1, -0.05) is 20.8 Å². The van der Waals surface area contributed by atoms with Crippen molar-refractivity contribution < 1.29 is 0 Å². The van der Waals surface area contributed by atoms with Crippen molar-refractivity contribution in [2.24, 2.45) is 17.3 Å². The topological polar surface area (TPSA) is 18.5 Å². The molecule has 21 heavy (non-hydrogen) atoms. The molecule has 0 spiro atoms. The third-order valence-corrected chi connectivity index (χ3v) is 6.05. The maximum atomic E-state index is 3.60. The molecule has 124 valence electrons. The van der Waals surface area contributed by atoms with Gasteiger partial charge in [-0.3, -0.25) is 0 Å². The molecule has 3 nitrogen and oxygen atoms in total. The maximum absolute atomic E-state index is 3.60. The van der Waals surface area contributed by atoms with E-state index >= 15 is 0 Å². The average Bonchev–Trinajstić information content (AvgIpc) is 2.86. The zero-order chi connectivity index (χ0) is 15.6. The lowest BCUT2D eigenvalue weighted by molar-refractivity contribution is 0.0940. The smallest absolute Gasteiger partial charge is 0.0229 e. The van der Waals surface area contributed by atoms with Crippen LogP contribution < -0.4 is 5.32 Å². The quantitative estimate of drug-likeness (QED) is 0.860. The molecule has 1 heterocycles. The van der Waals surface area contributed by atoms with Crippen LogP contribution in [-0.2, 0) is 0 Å². The van der Waals surface area contributed by atoms with E-state index in [9.17, 15) is 0 Å². The second-order valence-electron chi connectivity index (χ2n) is 8.70. The van der Waals surface area contributed by atoms with Crippen LogP contribution >= 0.6 is 0 Å². The zero-order valence-electron chi connectivity index (χ0n) is 15.2. The van der Waals surface area contributed by atoms with Gasteiger partial charge >= 0.3 is 0 Å². The van der Waals surface area contributed by atoms with Crippen molar-refractivity contribution in [2.75, 3.05) is 40.8 Å². The van der Waals surface area contributed by atoms with Gasteiger partial charge in [0.25, 0.3) is 0 Å². The molecule has 2 rings (SSSR count). The molecule has 1 aliphatic carbocycles. The average molecular weight is 296 g/mol. The van der Waals surface area contributed by atoms with Gasteiger partial charge in [-0.05, 0) is 70.6 Å². The summed E-state index contributed by atoms with van der Waals surface area (Å²) in [6.45, 7) is 11.1. The van der Waals surface area contributed by atoms with Gasteiger partial charge in [0.05, 0.1) is 0 Å². The largest absolute Gasteiger partial charge is 0.317 e. The second kappa shape index (κ2) is 6.97. The minimum absolute atomic E-state index is 0.466. The summed E-state index contributed by atoms with van der Waals surface area (Å²) in [4.78, 5) is 5.11. The van der Waals surface area contributed by atoms with E-state index in [1.54, 1.807) is 0 Å². The number of nitrogens with one attached hydrogen (secondary N) is 1. The number of likely N-dealkylation sites (N-methyl/N-ethyl adjacent to an activating group) is 1. The molecule has 0 bridgehead atoms. The zero-order valence-corrected chi connectivity index (χ0v) is 15.2. The van der Waals surface area contributed by atoms with Crippen molar-refractivity contribution in [2.45, 2.75) is 58.5 Å². The molecule has 4 atom stereocenters. The standard InChI is InChI=1S/C18H37N3/c1-18(2,3)15-7-8-17(19-4)14(11-15)12-21-10-9-16(13-21)20(5)6/h14-17,19H,7-13H2,1-6H3. The van der Waals surface area contributed by atoms with Crippen LogP contribution in [0.1, 0.15) is 46.5 Å². The molecule has 2 aliphatic rings. The molecule has 0 radical (unpaired) electrons. The summed E-state index contributed by atoms with van der Waals surface area (Å²) in [7, 11) is 6.60. The Bertz CT molecular complexity index is 321. The van der Waals surface area contributed by atoms with Gasteiger partial charge in [-0.2, -0.15) is 0 Å². The van der Waals surface area contributed by atoms with E-state index < -0.39 is 0 Å². The molecule has 0 amide bonds. The number of nitrogens with zero attached hydrogens (tertiary/aromatic N) is 2. The first-order valence-corrected chi connectivity index (χ1v) is 8.87. The second-order valence-corrected chi connectivity index (χ2v) is 8.70. The van der Waals surface area contributed by atoms with Crippen molar-refractivity contribution in [1.82, 2.24) is 15.1 Å². The first-order chi connectivity index (χ1) is 9.81. The van der Waals surface area contributed by atoms with Crippen molar-refractivity contribution in [1.29, 1.82) is 0 Å². The predicted octanol–water partition coefficient (Wildman–Crippen LogP) is 2.67. The van der Waals surface area contributed by atoms with Crippen LogP contribution in [0, 0.1) is 17.3 Å². The molecule has 1 N–H and O–H groups in total. The van der Waals surface area contributed by atoms with Crippen LogP contribution in [0.25, 0.3) is 0 Å². The Morgan fingerprint density at radius 2 is 1.86 bits per heavy atom. The molecule has 2 fully saturated rings. The summed E-state index contributed by atoms with van der Waals surface area (Å²) >= 11 is 0.